The highest BCUT2D eigenvalue weighted by atomic mass is 35.5. The molecular formula is C13H8ClNO2. The van der Waals surface area contributed by atoms with E-state index in [1.54, 1.807) is 36.4 Å². The van der Waals surface area contributed by atoms with Crippen molar-refractivity contribution >= 4 is 39.2 Å². The molecule has 0 aliphatic carbocycles. The van der Waals surface area contributed by atoms with Crippen LogP contribution in [0.25, 0.3) is 21.9 Å². The van der Waals surface area contributed by atoms with Gasteiger partial charge in [-0.05, 0) is 30.3 Å². The van der Waals surface area contributed by atoms with Gasteiger partial charge in [-0.2, -0.15) is 0 Å². The van der Waals surface area contributed by atoms with E-state index in [-0.39, 0.29) is 5.43 Å². The fourth-order valence-electron chi connectivity index (χ4n) is 1.85. The number of nitrogen functional groups attached to an aromatic ring is 1. The van der Waals surface area contributed by atoms with Crippen molar-refractivity contribution < 1.29 is 4.42 Å². The Morgan fingerprint density at radius 2 is 1.82 bits per heavy atom. The van der Waals surface area contributed by atoms with Crippen LogP contribution in [0, 0.1) is 0 Å². The van der Waals surface area contributed by atoms with Crippen molar-refractivity contribution in [3.05, 3.63) is 51.6 Å². The summed E-state index contributed by atoms with van der Waals surface area (Å²) in [5.74, 6) is 0. The Morgan fingerprint density at radius 1 is 1.00 bits per heavy atom. The quantitative estimate of drug-likeness (QED) is 0.489. The number of anilines is 1. The van der Waals surface area contributed by atoms with Crippen LogP contribution >= 0.6 is 11.6 Å². The fraction of sp³-hybridized carbons (Fsp3) is 0. The van der Waals surface area contributed by atoms with Gasteiger partial charge in [0.1, 0.15) is 11.2 Å². The third-order valence-corrected chi connectivity index (χ3v) is 2.89. The van der Waals surface area contributed by atoms with Gasteiger partial charge in [0.15, 0.2) is 0 Å². The molecule has 3 rings (SSSR count). The van der Waals surface area contributed by atoms with Crippen LogP contribution in [-0.2, 0) is 0 Å². The van der Waals surface area contributed by atoms with Gasteiger partial charge >= 0.3 is 0 Å². The molecule has 3 aromatic rings. The minimum atomic E-state index is -0.0924. The minimum Gasteiger partial charge on any atom is -0.456 e. The van der Waals surface area contributed by atoms with Gasteiger partial charge in [0.05, 0.1) is 10.8 Å². The summed E-state index contributed by atoms with van der Waals surface area (Å²) in [7, 11) is 0. The first kappa shape index (κ1) is 10.2. The van der Waals surface area contributed by atoms with Crippen LogP contribution in [0.15, 0.2) is 45.6 Å². The molecule has 0 radical (unpaired) electrons. The molecule has 0 aliphatic rings. The molecule has 0 spiro atoms. The monoisotopic (exact) mass is 245 g/mol. The van der Waals surface area contributed by atoms with Crippen molar-refractivity contribution in [2.75, 3.05) is 5.73 Å². The maximum Gasteiger partial charge on any atom is 0.200 e. The lowest BCUT2D eigenvalue weighted by atomic mass is 10.1. The van der Waals surface area contributed by atoms with Crippen LogP contribution in [0.4, 0.5) is 5.69 Å². The summed E-state index contributed by atoms with van der Waals surface area (Å²) < 4.78 is 5.62. The zero-order valence-electron chi connectivity index (χ0n) is 8.74. The Balaban J connectivity index is 2.57. The third-order valence-electron chi connectivity index (χ3n) is 2.66. The number of benzene rings is 2. The highest BCUT2D eigenvalue weighted by molar-refractivity contribution is 6.31. The summed E-state index contributed by atoms with van der Waals surface area (Å²) in [6.45, 7) is 0. The molecule has 0 aliphatic heterocycles. The number of halogens is 1. The average molecular weight is 246 g/mol. The largest absolute Gasteiger partial charge is 0.456 e. The SMILES string of the molecule is Nc1ccc2oc3cc(Cl)ccc3c(=O)c2c1. The van der Waals surface area contributed by atoms with Crippen LogP contribution in [0.3, 0.4) is 0 Å². The molecule has 0 bridgehead atoms. The van der Waals surface area contributed by atoms with Crippen molar-refractivity contribution in [3.8, 4) is 0 Å². The molecule has 0 unspecified atom stereocenters. The number of fused-ring (bicyclic) bond motifs is 2. The standard InChI is InChI=1S/C13H8ClNO2/c14-7-1-3-9-12(5-7)17-11-4-2-8(15)6-10(11)13(9)16/h1-6H,15H2. The topological polar surface area (TPSA) is 56.2 Å². The zero-order chi connectivity index (χ0) is 12.0. The third kappa shape index (κ3) is 1.56. The first-order chi connectivity index (χ1) is 8.15. The summed E-state index contributed by atoms with van der Waals surface area (Å²) in [4.78, 5) is 12.2. The molecule has 0 fully saturated rings. The van der Waals surface area contributed by atoms with Crippen molar-refractivity contribution in [2.45, 2.75) is 0 Å². The van der Waals surface area contributed by atoms with Crippen molar-refractivity contribution in [1.82, 2.24) is 0 Å². The highest BCUT2D eigenvalue weighted by Gasteiger charge is 2.07. The van der Waals surface area contributed by atoms with Crippen LogP contribution in [0.2, 0.25) is 5.02 Å². The Hall–Kier alpha value is -2.00. The molecule has 17 heavy (non-hydrogen) atoms. The summed E-state index contributed by atoms with van der Waals surface area (Å²) in [5, 5.41) is 1.53. The van der Waals surface area contributed by atoms with E-state index in [1.807, 2.05) is 0 Å². The Morgan fingerprint density at radius 3 is 2.65 bits per heavy atom. The highest BCUT2D eigenvalue weighted by Crippen LogP contribution is 2.22. The summed E-state index contributed by atoms with van der Waals surface area (Å²) >= 11 is 5.87. The maximum atomic E-state index is 12.2. The minimum absolute atomic E-state index is 0.0924. The van der Waals surface area contributed by atoms with Gasteiger partial charge in [-0.3, -0.25) is 4.79 Å². The van der Waals surface area contributed by atoms with Crippen LogP contribution < -0.4 is 11.2 Å². The van der Waals surface area contributed by atoms with E-state index in [2.05, 4.69) is 0 Å². The Labute approximate surface area is 101 Å². The van der Waals surface area contributed by atoms with Gasteiger partial charge in [0.25, 0.3) is 0 Å². The Kier molecular flexibility index (Phi) is 2.09. The smallest absolute Gasteiger partial charge is 0.200 e. The van der Waals surface area contributed by atoms with Gasteiger partial charge in [-0.1, -0.05) is 11.6 Å². The molecule has 3 nitrogen and oxygen atoms in total. The van der Waals surface area contributed by atoms with E-state index in [4.69, 9.17) is 21.8 Å². The van der Waals surface area contributed by atoms with Crippen molar-refractivity contribution in [1.29, 1.82) is 0 Å². The second-order valence-electron chi connectivity index (χ2n) is 3.83. The number of rotatable bonds is 0. The van der Waals surface area contributed by atoms with E-state index in [1.165, 1.54) is 0 Å². The first-order valence-corrected chi connectivity index (χ1v) is 5.44. The van der Waals surface area contributed by atoms with Crippen LogP contribution in [0.5, 0.6) is 0 Å². The number of hydrogen-bond acceptors (Lipinski definition) is 3. The molecule has 1 aromatic heterocycles. The van der Waals surface area contributed by atoms with Gasteiger partial charge in [0, 0.05) is 16.8 Å². The van der Waals surface area contributed by atoms with E-state index in [0.717, 1.165) is 0 Å². The molecular weight excluding hydrogens is 238 g/mol. The molecule has 2 aromatic carbocycles. The normalized spacial score (nSPS) is 11.1. The molecule has 2 N–H and O–H groups in total. The molecule has 0 saturated carbocycles. The molecule has 84 valence electrons. The van der Waals surface area contributed by atoms with Gasteiger partial charge in [-0.15, -0.1) is 0 Å². The lowest BCUT2D eigenvalue weighted by molar-refractivity contribution is 0.660. The van der Waals surface area contributed by atoms with E-state index in [9.17, 15) is 4.79 Å². The van der Waals surface area contributed by atoms with E-state index < -0.39 is 0 Å². The van der Waals surface area contributed by atoms with E-state index >= 15 is 0 Å². The predicted octanol–water partition coefficient (Wildman–Crippen LogP) is 3.18. The van der Waals surface area contributed by atoms with Crippen LogP contribution in [-0.4, -0.2) is 0 Å². The fourth-order valence-corrected chi connectivity index (χ4v) is 2.01. The lowest BCUT2D eigenvalue weighted by Gasteiger charge is -2.02. The molecule has 0 atom stereocenters. The zero-order valence-corrected chi connectivity index (χ0v) is 9.49. The second-order valence-corrected chi connectivity index (χ2v) is 4.26. The van der Waals surface area contributed by atoms with Crippen molar-refractivity contribution in [3.63, 3.8) is 0 Å². The lowest BCUT2D eigenvalue weighted by Crippen LogP contribution is -2.02. The second kappa shape index (κ2) is 3.50. The molecule has 0 amide bonds. The van der Waals surface area contributed by atoms with Gasteiger partial charge < -0.3 is 10.2 Å². The van der Waals surface area contributed by atoms with Crippen LogP contribution in [0.1, 0.15) is 0 Å². The number of hydrogen-bond donors (Lipinski definition) is 1. The number of nitrogens with two attached hydrogens (primary N) is 1. The average Bonchev–Trinajstić information content (AvgIpc) is 2.30. The molecule has 1 heterocycles. The van der Waals surface area contributed by atoms with Gasteiger partial charge in [0.2, 0.25) is 5.43 Å². The summed E-state index contributed by atoms with van der Waals surface area (Å²) in [6, 6.07) is 9.96. The molecule has 0 saturated heterocycles. The van der Waals surface area contributed by atoms with Gasteiger partial charge in [-0.25, -0.2) is 0 Å². The Bertz CT molecular complexity index is 792. The molecule has 4 heteroatoms. The maximum absolute atomic E-state index is 12.2. The predicted molar refractivity (Wildman–Crippen MR) is 69.4 cm³/mol. The first-order valence-electron chi connectivity index (χ1n) is 5.07. The summed E-state index contributed by atoms with van der Waals surface area (Å²) in [6.07, 6.45) is 0. The summed E-state index contributed by atoms with van der Waals surface area (Å²) in [5.41, 5.74) is 7.11. The van der Waals surface area contributed by atoms with E-state index in [0.29, 0.717) is 32.6 Å². The van der Waals surface area contributed by atoms with Crippen molar-refractivity contribution in [2.24, 2.45) is 0 Å².